The molecule has 0 radical (unpaired) electrons. The zero-order valence-electron chi connectivity index (χ0n) is 14.1. The van der Waals surface area contributed by atoms with Gasteiger partial charge in [0.05, 0.1) is 19.0 Å². The second-order valence-electron chi connectivity index (χ2n) is 5.90. The summed E-state index contributed by atoms with van der Waals surface area (Å²) in [5.74, 6) is 0.803. The number of hydrogen-bond donors (Lipinski definition) is 2. The van der Waals surface area contributed by atoms with Crippen LogP contribution in [0.4, 0.5) is 0 Å². The number of rotatable bonds is 5. The molecule has 1 saturated heterocycles. The summed E-state index contributed by atoms with van der Waals surface area (Å²) in [7, 11) is -3.32. The number of nitrogens with one attached hydrogen (secondary N) is 2. The number of benzene rings is 1. The number of ether oxygens (including phenoxy) is 1. The Balaban J connectivity index is 0.00000225. The Bertz CT molecular complexity index is 690. The van der Waals surface area contributed by atoms with Crippen LogP contribution in [0, 0.1) is 0 Å². The number of sulfonamides is 1. The van der Waals surface area contributed by atoms with E-state index in [0.29, 0.717) is 32.8 Å². The zero-order valence-corrected chi connectivity index (χ0v) is 17.3. The van der Waals surface area contributed by atoms with Crippen molar-refractivity contribution in [3.8, 4) is 0 Å². The zero-order chi connectivity index (χ0) is 16.8. The van der Waals surface area contributed by atoms with Gasteiger partial charge in [-0.1, -0.05) is 24.3 Å². The van der Waals surface area contributed by atoms with Crippen LogP contribution in [0.15, 0.2) is 29.3 Å². The lowest BCUT2D eigenvalue weighted by molar-refractivity contribution is 0.0729. The molecule has 1 aromatic carbocycles. The van der Waals surface area contributed by atoms with E-state index in [1.165, 1.54) is 4.31 Å². The van der Waals surface area contributed by atoms with Crippen molar-refractivity contribution in [2.75, 3.05) is 39.4 Å². The molecule has 0 atom stereocenters. The van der Waals surface area contributed by atoms with Crippen LogP contribution >= 0.6 is 24.0 Å². The monoisotopic (exact) mass is 480 g/mol. The normalized spacial score (nSPS) is 18.6. The van der Waals surface area contributed by atoms with E-state index in [0.717, 1.165) is 36.6 Å². The van der Waals surface area contributed by atoms with Crippen LogP contribution < -0.4 is 10.6 Å². The lowest BCUT2D eigenvalue weighted by Crippen LogP contribution is -2.41. The SMILES string of the molecule is I.O=S(=O)(Cc1ccccc1CNC1=NCCCN1)N1CCOCC1. The molecule has 1 fully saturated rings. The molecule has 0 aromatic heterocycles. The summed E-state index contributed by atoms with van der Waals surface area (Å²) in [5, 5.41) is 6.46. The Morgan fingerprint density at radius 2 is 1.92 bits per heavy atom. The third kappa shape index (κ3) is 5.80. The van der Waals surface area contributed by atoms with Crippen molar-refractivity contribution < 1.29 is 13.2 Å². The van der Waals surface area contributed by atoms with Gasteiger partial charge in [0.2, 0.25) is 10.0 Å². The van der Waals surface area contributed by atoms with Gasteiger partial charge in [0, 0.05) is 32.7 Å². The summed E-state index contributed by atoms with van der Waals surface area (Å²) in [5.41, 5.74) is 1.80. The second-order valence-corrected chi connectivity index (χ2v) is 7.87. The van der Waals surface area contributed by atoms with Crippen LogP contribution in [-0.4, -0.2) is 58.1 Å². The summed E-state index contributed by atoms with van der Waals surface area (Å²) in [6.45, 7) is 4.09. The minimum absolute atomic E-state index is 0. The summed E-state index contributed by atoms with van der Waals surface area (Å²) in [4.78, 5) is 4.38. The van der Waals surface area contributed by atoms with Crippen LogP contribution in [0.2, 0.25) is 0 Å². The topological polar surface area (TPSA) is 83.0 Å². The Kier molecular flexibility index (Phi) is 7.91. The molecule has 9 heteroatoms. The first kappa shape index (κ1) is 20.4. The van der Waals surface area contributed by atoms with Crippen LogP contribution in [-0.2, 0) is 27.1 Å². The molecule has 0 saturated carbocycles. The summed E-state index contributed by atoms with van der Waals surface area (Å²) >= 11 is 0. The molecule has 2 aliphatic heterocycles. The fraction of sp³-hybridized carbons (Fsp3) is 0.562. The second kappa shape index (κ2) is 9.70. The minimum atomic E-state index is -3.32. The van der Waals surface area contributed by atoms with Gasteiger partial charge in [-0.2, -0.15) is 4.31 Å². The Hall–Kier alpha value is -0.910. The molecule has 2 aliphatic rings. The van der Waals surface area contributed by atoms with E-state index in [2.05, 4.69) is 15.6 Å². The molecule has 2 N–H and O–H groups in total. The third-order valence-electron chi connectivity index (χ3n) is 4.16. The van der Waals surface area contributed by atoms with Gasteiger partial charge < -0.3 is 15.4 Å². The lowest BCUT2D eigenvalue weighted by Gasteiger charge is -2.26. The predicted molar refractivity (Wildman–Crippen MR) is 109 cm³/mol. The first-order chi connectivity index (χ1) is 11.6. The summed E-state index contributed by atoms with van der Waals surface area (Å²) < 4.78 is 32.0. The number of morpholine rings is 1. The maximum Gasteiger partial charge on any atom is 0.218 e. The molecular formula is C16H25IN4O3S. The molecule has 0 amide bonds. The molecule has 7 nitrogen and oxygen atoms in total. The van der Waals surface area contributed by atoms with Crippen LogP contribution in [0.1, 0.15) is 17.5 Å². The predicted octanol–water partition coefficient (Wildman–Crippen LogP) is 0.905. The Morgan fingerprint density at radius 3 is 2.60 bits per heavy atom. The molecule has 0 bridgehead atoms. The molecule has 0 aliphatic carbocycles. The van der Waals surface area contributed by atoms with Gasteiger partial charge in [-0.25, -0.2) is 8.42 Å². The highest BCUT2D eigenvalue weighted by Gasteiger charge is 2.25. The number of aliphatic imine (C=N–C) groups is 1. The Labute approximate surface area is 166 Å². The maximum atomic E-state index is 12.6. The van der Waals surface area contributed by atoms with Gasteiger partial charge in [0.1, 0.15) is 0 Å². The number of halogens is 1. The highest BCUT2D eigenvalue weighted by Crippen LogP contribution is 2.16. The van der Waals surface area contributed by atoms with Gasteiger partial charge in [-0.05, 0) is 17.5 Å². The molecule has 0 unspecified atom stereocenters. The van der Waals surface area contributed by atoms with E-state index in [1.54, 1.807) is 0 Å². The van der Waals surface area contributed by atoms with Crippen molar-refractivity contribution in [2.45, 2.75) is 18.7 Å². The standard InChI is InChI=1S/C16H24N4O3S.HI/c21-24(22,20-8-10-23-11-9-20)13-15-5-2-1-4-14(15)12-19-16-17-6-3-7-18-16;/h1-2,4-5H,3,6-13H2,(H2,17,18,19);1H. The highest BCUT2D eigenvalue weighted by molar-refractivity contribution is 14.0. The van der Waals surface area contributed by atoms with Crippen LogP contribution in [0.25, 0.3) is 0 Å². The largest absolute Gasteiger partial charge is 0.379 e. The maximum absolute atomic E-state index is 12.6. The third-order valence-corrected chi connectivity index (χ3v) is 5.99. The fourth-order valence-electron chi connectivity index (χ4n) is 2.81. The van der Waals surface area contributed by atoms with Gasteiger partial charge in [0.25, 0.3) is 0 Å². The van der Waals surface area contributed by atoms with Gasteiger partial charge in [0.15, 0.2) is 5.96 Å². The van der Waals surface area contributed by atoms with Gasteiger partial charge >= 0.3 is 0 Å². The van der Waals surface area contributed by atoms with Crippen LogP contribution in [0.5, 0.6) is 0 Å². The molecule has 25 heavy (non-hydrogen) atoms. The number of guanidine groups is 1. The highest BCUT2D eigenvalue weighted by atomic mass is 127. The number of hydrogen-bond acceptors (Lipinski definition) is 6. The van der Waals surface area contributed by atoms with Crippen molar-refractivity contribution in [1.29, 1.82) is 0 Å². The first-order valence-corrected chi connectivity index (χ1v) is 9.90. The van der Waals surface area contributed by atoms with Crippen molar-refractivity contribution in [1.82, 2.24) is 14.9 Å². The van der Waals surface area contributed by atoms with Crippen molar-refractivity contribution in [2.24, 2.45) is 4.99 Å². The van der Waals surface area contributed by atoms with Crippen molar-refractivity contribution in [3.63, 3.8) is 0 Å². The molecule has 1 aromatic rings. The molecule has 0 spiro atoms. The van der Waals surface area contributed by atoms with E-state index in [9.17, 15) is 8.42 Å². The van der Waals surface area contributed by atoms with E-state index < -0.39 is 10.0 Å². The quantitative estimate of drug-likeness (QED) is 0.613. The van der Waals surface area contributed by atoms with Gasteiger partial charge in [-0.3, -0.25) is 4.99 Å². The Morgan fingerprint density at radius 1 is 1.20 bits per heavy atom. The van der Waals surface area contributed by atoms with E-state index in [4.69, 9.17) is 4.74 Å². The average molecular weight is 480 g/mol. The smallest absolute Gasteiger partial charge is 0.218 e. The molecule has 2 heterocycles. The molecule has 140 valence electrons. The van der Waals surface area contributed by atoms with Crippen molar-refractivity contribution in [3.05, 3.63) is 35.4 Å². The average Bonchev–Trinajstić information content (AvgIpc) is 2.62. The lowest BCUT2D eigenvalue weighted by atomic mass is 10.1. The van der Waals surface area contributed by atoms with Crippen molar-refractivity contribution >= 4 is 40.0 Å². The first-order valence-electron chi connectivity index (χ1n) is 8.30. The van der Waals surface area contributed by atoms with E-state index in [-0.39, 0.29) is 29.7 Å². The summed E-state index contributed by atoms with van der Waals surface area (Å²) in [6.07, 6.45) is 1.04. The van der Waals surface area contributed by atoms with Gasteiger partial charge in [-0.15, -0.1) is 24.0 Å². The minimum Gasteiger partial charge on any atom is -0.379 e. The number of nitrogens with zero attached hydrogens (tertiary/aromatic N) is 2. The van der Waals surface area contributed by atoms with E-state index >= 15 is 0 Å². The van der Waals surface area contributed by atoms with E-state index in [1.807, 2.05) is 24.3 Å². The molecule has 3 rings (SSSR count). The fourth-order valence-corrected chi connectivity index (χ4v) is 4.38. The summed E-state index contributed by atoms with van der Waals surface area (Å²) in [6, 6.07) is 7.65. The molecular weight excluding hydrogens is 455 g/mol. The van der Waals surface area contributed by atoms with Crippen LogP contribution in [0.3, 0.4) is 0 Å².